The molecule has 7 heteroatoms. The summed E-state index contributed by atoms with van der Waals surface area (Å²) in [6.45, 7) is 9.50. The number of rotatable bonds is 5. The van der Waals surface area contributed by atoms with E-state index >= 15 is 0 Å². The van der Waals surface area contributed by atoms with Crippen molar-refractivity contribution in [2.24, 2.45) is 11.8 Å². The Morgan fingerprint density at radius 3 is 2.57 bits per heavy atom. The van der Waals surface area contributed by atoms with Crippen LogP contribution in [0.15, 0.2) is 34.7 Å². The summed E-state index contributed by atoms with van der Waals surface area (Å²) in [5, 5.41) is 3.28. The summed E-state index contributed by atoms with van der Waals surface area (Å²) < 4.78 is 10.6. The van der Waals surface area contributed by atoms with Crippen molar-refractivity contribution in [2.45, 2.75) is 59.5 Å². The van der Waals surface area contributed by atoms with E-state index in [1.807, 2.05) is 46.8 Å². The Morgan fingerprint density at radius 2 is 2.00 bits per heavy atom. The molecule has 0 amide bonds. The van der Waals surface area contributed by atoms with Crippen LogP contribution in [-0.2, 0) is 23.9 Å². The fourth-order valence-corrected chi connectivity index (χ4v) is 5.17. The van der Waals surface area contributed by atoms with E-state index in [1.165, 1.54) is 7.11 Å². The number of hydrogen-bond acceptors (Lipinski definition) is 7. The molecule has 162 valence electrons. The van der Waals surface area contributed by atoms with Gasteiger partial charge in [0.2, 0.25) is 0 Å². The van der Waals surface area contributed by atoms with Gasteiger partial charge >= 0.3 is 11.9 Å². The normalized spacial score (nSPS) is 24.9. The Morgan fingerprint density at radius 1 is 1.30 bits per heavy atom. The predicted octanol–water partition coefficient (Wildman–Crippen LogP) is 4.01. The first kappa shape index (κ1) is 22.3. The number of hydrogen-bond donors (Lipinski definition) is 1. The van der Waals surface area contributed by atoms with Gasteiger partial charge in [0.15, 0.2) is 5.78 Å². The van der Waals surface area contributed by atoms with E-state index in [1.54, 1.807) is 11.3 Å². The molecule has 0 saturated carbocycles. The Kier molecular flexibility index (Phi) is 6.50. The molecular weight excluding hydrogens is 402 g/mol. The maximum absolute atomic E-state index is 13.5. The van der Waals surface area contributed by atoms with Crippen molar-refractivity contribution in [1.82, 2.24) is 5.32 Å². The molecule has 2 heterocycles. The number of methoxy groups -OCH3 is 1. The highest BCUT2D eigenvalue weighted by Gasteiger charge is 2.47. The number of aryl methyl sites for hydroxylation is 1. The lowest BCUT2D eigenvalue weighted by Crippen LogP contribution is -2.43. The first-order valence-electron chi connectivity index (χ1n) is 10.3. The Bertz CT molecular complexity index is 941. The molecule has 3 rings (SSSR count). The van der Waals surface area contributed by atoms with Crippen molar-refractivity contribution in [1.29, 1.82) is 0 Å². The van der Waals surface area contributed by atoms with Crippen LogP contribution in [0.3, 0.4) is 0 Å². The highest BCUT2D eigenvalue weighted by atomic mass is 32.1. The van der Waals surface area contributed by atoms with Gasteiger partial charge in [-0.05, 0) is 51.7 Å². The third-order valence-corrected chi connectivity index (χ3v) is 6.96. The Balaban J connectivity index is 2.13. The van der Waals surface area contributed by atoms with Crippen LogP contribution in [0.25, 0.3) is 0 Å². The van der Waals surface area contributed by atoms with Crippen LogP contribution in [-0.4, -0.2) is 30.9 Å². The topological polar surface area (TPSA) is 81.7 Å². The summed E-state index contributed by atoms with van der Waals surface area (Å²) in [4.78, 5) is 41.1. The van der Waals surface area contributed by atoms with Crippen LogP contribution in [0.5, 0.6) is 0 Å². The maximum atomic E-state index is 13.5. The standard InChI is InChI=1S/C23H29NO5S/c1-7-12(3)29-23(27)18-14(5)24-15-10-11(2)17(22(26)28-6)21(25)19(15)20(18)16-9-8-13(4)30-16/h8-9,11-12,17,20,24H,7,10H2,1-6H3/t11-,12+,17-,20-/m1/s1. The molecular formula is C23H29NO5S. The molecule has 0 saturated heterocycles. The van der Waals surface area contributed by atoms with Gasteiger partial charge in [-0.1, -0.05) is 13.8 Å². The first-order valence-corrected chi connectivity index (χ1v) is 11.1. The zero-order valence-electron chi connectivity index (χ0n) is 18.3. The second-order valence-electron chi connectivity index (χ2n) is 8.11. The molecule has 0 fully saturated rings. The lowest BCUT2D eigenvalue weighted by Gasteiger charge is -2.38. The van der Waals surface area contributed by atoms with Crippen LogP contribution in [0.2, 0.25) is 0 Å². The molecule has 1 aliphatic carbocycles. The number of ether oxygens (including phenoxy) is 2. The van der Waals surface area contributed by atoms with Gasteiger partial charge in [0.05, 0.1) is 24.7 Å². The highest BCUT2D eigenvalue weighted by molar-refractivity contribution is 7.12. The lowest BCUT2D eigenvalue weighted by atomic mass is 9.70. The number of nitrogens with one attached hydrogen (secondary N) is 1. The number of carbonyl (C=O) groups is 3. The number of dihydropyridines is 1. The van der Waals surface area contributed by atoms with E-state index in [4.69, 9.17) is 9.47 Å². The van der Waals surface area contributed by atoms with Gasteiger partial charge in [-0.15, -0.1) is 11.3 Å². The maximum Gasteiger partial charge on any atom is 0.337 e. The SMILES string of the molecule is CC[C@H](C)OC(=O)C1=C(C)NC2=C(C(=O)[C@H](C(=O)OC)[C@H](C)C2)[C@@H]1c1ccc(C)s1. The zero-order valence-corrected chi connectivity index (χ0v) is 19.1. The molecule has 6 nitrogen and oxygen atoms in total. The minimum atomic E-state index is -0.871. The number of thiophene rings is 1. The molecule has 0 unspecified atom stereocenters. The van der Waals surface area contributed by atoms with E-state index < -0.39 is 23.8 Å². The van der Waals surface area contributed by atoms with E-state index in [9.17, 15) is 14.4 Å². The van der Waals surface area contributed by atoms with Gasteiger partial charge in [-0.25, -0.2) is 4.79 Å². The van der Waals surface area contributed by atoms with Crippen molar-refractivity contribution in [3.63, 3.8) is 0 Å². The van der Waals surface area contributed by atoms with Crippen LogP contribution in [0, 0.1) is 18.8 Å². The first-order chi connectivity index (χ1) is 14.2. The monoisotopic (exact) mass is 431 g/mol. The highest BCUT2D eigenvalue weighted by Crippen LogP contribution is 2.47. The zero-order chi connectivity index (χ0) is 22.2. The number of allylic oxidation sites excluding steroid dienone is 3. The molecule has 1 aromatic heterocycles. The van der Waals surface area contributed by atoms with Crippen LogP contribution >= 0.6 is 11.3 Å². The number of carbonyl (C=O) groups excluding carboxylic acids is 3. The molecule has 4 atom stereocenters. The summed E-state index contributed by atoms with van der Waals surface area (Å²) in [6.07, 6.45) is 0.999. The number of esters is 2. The van der Waals surface area contributed by atoms with Gasteiger partial charge in [0.1, 0.15) is 5.92 Å². The van der Waals surface area contributed by atoms with Gasteiger partial charge in [0, 0.05) is 26.7 Å². The average Bonchev–Trinajstić information content (AvgIpc) is 3.12. The van der Waals surface area contributed by atoms with Crippen molar-refractivity contribution in [3.05, 3.63) is 44.4 Å². The van der Waals surface area contributed by atoms with Gasteiger partial charge in [0.25, 0.3) is 0 Å². The molecule has 2 aliphatic rings. The second-order valence-corrected chi connectivity index (χ2v) is 9.43. The Hall–Kier alpha value is -2.41. The fraction of sp³-hybridized carbons (Fsp3) is 0.522. The van der Waals surface area contributed by atoms with Crippen molar-refractivity contribution >= 4 is 29.1 Å². The van der Waals surface area contributed by atoms with Crippen LogP contribution < -0.4 is 5.32 Å². The fourth-order valence-electron chi connectivity index (χ4n) is 4.17. The molecule has 30 heavy (non-hydrogen) atoms. The van der Waals surface area contributed by atoms with Crippen LogP contribution in [0.4, 0.5) is 0 Å². The van der Waals surface area contributed by atoms with E-state index in [2.05, 4.69) is 5.32 Å². The minimum Gasteiger partial charge on any atom is -0.468 e. The van der Waals surface area contributed by atoms with Gasteiger partial charge in [-0.3, -0.25) is 9.59 Å². The predicted molar refractivity (Wildman–Crippen MR) is 115 cm³/mol. The molecule has 1 aromatic rings. The summed E-state index contributed by atoms with van der Waals surface area (Å²) in [5.74, 6) is -2.86. The van der Waals surface area contributed by atoms with E-state index in [0.717, 1.165) is 15.5 Å². The Labute approximate surface area is 181 Å². The molecule has 1 aliphatic heterocycles. The smallest absolute Gasteiger partial charge is 0.337 e. The minimum absolute atomic E-state index is 0.191. The summed E-state index contributed by atoms with van der Waals surface area (Å²) in [6, 6.07) is 3.92. The van der Waals surface area contributed by atoms with Crippen molar-refractivity contribution < 1.29 is 23.9 Å². The molecule has 1 N–H and O–H groups in total. The quantitative estimate of drug-likeness (QED) is 0.560. The largest absolute Gasteiger partial charge is 0.468 e. The van der Waals surface area contributed by atoms with E-state index in [-0.39, 0.29) is 17.8 Å². The van der Waals surface area contributed by atoms with Crippen molar-refractivity contribution in [3.8, 4) is 0 Å². The third kappa shape index (κ3) is 3.95. The molecule has 0 bridgehead atoms. The van der Waals surface area contributed by atoms with E-state index in [0.29, 0.717) is 29.7 Å². The summed E-state index contributed by atoms with van der Waals surface area (Å²) in [5.41, 5.74) is 2.38. The molecule has 0 radical (unpaired) electrons. The van der Waals surface area contributed by atoms with Gasteiger partial charge in [-0.2, -0.15) is 0 Å². The van der Waals surface area contributed by atoms with Crippen LogP contribution in [0.1, 0.15) is 56.2 Å². The summed E-state index contributed by atoms with van der Waals surface area (Å²) >= 11 is 1.54. The second kappa shape index (κ2) is 8.76. The number of ketones is 1. The van der Waals surface area contributed by atoms with Gasteiger partial charge < -0.3 is 14.8 Å². The third-order valence-electron chi connectivity index (χ3n) is 5.89. The average molecular weight is 432 g/mol. The number of Topliss-reactive ketones (excluding diaryl/α,β-unsaturated/α-hetero) is 1. The molecule has 0 aromatic carbocycles. The summed E-state index contributed by atoms with van der Waals surface area (Å²) in [7, 11) is 1.30. The molecule has 0 spiro atoms. The lowest BCUT2D eigenvalue weighted by molar-refractivity contribution is -0.151. The van der Waals surface area contributed by atoms with Crippen molar-refractivity contribution in [2.75, 3.05) is 7.11 Å².